The van der Waals surface area contributed by atoms with Crippen LogP contribution in [-0.4, -0.2) is 9.97 Å². The zero-order valence-corrected chi connectivity index (χ0v) is 14.5. The van der Waals surface area contributed by atoms with Crippen LogP contribution in [0.5, 0.6) is 0 Å². The summed E-state index contributed by atoms with van der Waals surface area (Å²) in [5.74, 6) is 0.406. The molecule has 0 fully saturated rings. The molecular weight excluding hydrogens is 389 g/mol. The van der Waals surface area contributed by atoms with Gasteiger partial charge >= 0.3 is 0 Å². The molecule has 1 aromatic carbocycles. The molecule has 0 saturated heterocycles. The minimum Gasteiger partial charge on any atom is -0.383 e. The van der Waals surface area contributed by atoms with Crippen molar-refractivity contribution in [1.82, 2.24) is 9.97 Å². The first-order chi connectivity index (χ1) is 9.20. The second-order valence-corrected chi connectivity index (χ2v) is 7.12. The fraction of sp³-hybridized carbons (Fsp3) is 0.286. The van der Waals surface area contributed by atoms with Gasteiger partial charge in [-0.05, 0) is 34.1 Å². The molecule has 1 aromatic heterocycles. The van der Waals surface area contributed by atoms with Crippen LogP contribution in [0.15, 0.2) is 27.1 Å². The van der Waals surface area contributed by atoms with E-state index in [2.05, 4.69) is 41.8 Å². The summed E-state index contributed by atoms with van der Waals surface area (Å²) in [7, 11) is 0. The normalized spacial score (nSPS) is 11.7. The predicted octanol–water partition coefficient (Wildman–Crippen LogP) is 4.69. The lowest BCUT2D eigenvalue weighted by Crippen LogP contribution is -2.17. The van der Waals surface area contributed by atoms with Crippen LogP contribution in [0.25, 0.3) is 11.4 Å². The topological polar surface area (TPSA) is 51.8 Å². The van der Waals surface area contributed by atoms with E-state index in [1.165, 1.54) is 12.1 Å². The Kier molecular flexibility index (Phi) is 4.16. The highest BCUT2D eigenvalue weighted by Crippen LogP contribution is 2.34. The SMILES string of the molecule is CC(C)(C)c1nc(-c2cc(F)ccc2Br)nc(N)c1Br. The highest BCUT2D eigenvalue weighted by atomic mass is 79.9. The Hall–Kier alpha value is -1.01. The highest BCUT2D eigenvalue weighted by molar-refractivity contribution is 9.11. The van der Waals surface area contributed by atoms with Crippen molar-refractivity contribution in [2.45, 2.75) is 26.2 Å². The summed E-state index contributed by atoms with van der Waals surface area (Å²) in [6, 6.07) is 4.39. The third-order valence-corrected chi connectivity index (χ3v) is 4.23. The van der Waals surface area contributed by atoms with Gasteiger partial charge in [0.05, 0.1) is 10.2 Å². The second kappa shape index (κ2) is 5.41. The van der Waals surface area contributed by atoms with Gasteiger partial charge in [-0.15, -0.1) is 0 Å². The molecule has 2 rings (SSSR count). The van der Waals surface area contributed by atoms with Gasteiger partial charge < -0.3 is 5.73 Å². The smallest absolute Gasteiger partial charge is 0.163 e. The summed E-state index contributed by atoms with van der Waals surface area (Å²) in [4.78, 5) is 8.78. The molecule has 0 aliphatic carbocycles. The minimum atomic E-state index is -0.342. The first-order valence-electron chi connectivity index (χ1n) is 5.99. The van der Waals surface area contributed by atoms with Crippen molar-refractivity contribution in [2.24, 2.45) is 0 Å². The van der Waals surface area contributed by atoms with Crippen molar-refractivity contribution >= 4 is 37.7 Å². The molecule has 0 saturated carbocycles. The summed E-state index contributed by atoms with van der Waals surface area (Å²) in [5, 5.41) is 0. The fourth-order valence-corrected chi connectivity index (χ4v) is 2.95. The molecule has 106 valence electrons. The molecule has 1 heterocycles. The van der Waals surface area contributed by atoms with E-state index in [1.54, 1.807) is 6.07 Å². The maximum atomic E-state index is 13.4. The molecule has 0 aliphatic heterocycles. The van der Waals surface area contributed by atoms with Crippen LogP contribution in [0.2, 0.25) is 0 Å². The van der Waals surface area contributed by atoms with Gasteiger partial charge in [-0.3, -0.25) is 0 Å². The van der Waals surface area contributed by atoms with E-state index in [0.717, 1.165) is 10.2 Å². The zero-order valence-electron chi connectivity index (χ0n) is 11.3. The summed E-state index contributed by atoms with van der Waals surface area (Å²) in [5.41, 5.74) is 7.10. The first-order valence-corrected chi connectivity index (χ1v) is 7.57. The standard InChI is InChI=1S/C14H14Br2FN3/c1-14(2,3)11-10(16)12(18)20-13(19-11)8-6-7(17)4-5-9(8)15/h4-6H,1-3H3,(H2,18,19,20). The Labute approximate surface area is 134 Å². The van der Waals surface area contributed by atoms with Crippen molar-refractivity contribution in [1.29, 1.82) is 0 Å². The monoisotopic (exact) mass is 401 g/mol. The lowest BCUT2D eigenvalue weighted by molar-refractivity contribution is 0.564. The average Bonchev–Trinajstić information content (AvgIpc) is 2.34. The molecule has 2 N–H and O–H groups in total. The van der Waals surface area contributed by atoms with E-state index in [0.29, 0.717) is 21.7 Å². The van der Waals surface area contributed by atoms with Crippen molar-refractivity contribution in [3.8, 4) is 11.4 Å². The van der Waals surface area contributed by atoms with Gasteiger partial charge in [0, 0.05) is 15.5 Å². The van der Waals surface area contributed by atoms with E-state index in [1.807, 2.05) is 20.8 Å². The Morgan fingerprint density at radius 2 is 1.80 bits per heavy atom. The van der Waals surface area contributed by atoms with Gasteiger partial charge in [-0.2, -0.15) is 0 Å². The number of nitrogens with two attached hydrogens (primary N) is 1. The fourth-order valence-electron chi connectivity index (χ4n) is 1.75. The van der Waals surface area contributed by atoms with E-state index in [-0.39, 0.29) is 11.2 Å². The Morgan fingerprint density at radius 1 is 1.15 bits per heavy atom. The van der Waals surface area contributed by atoms with E-state index >= 15 is 0 Å². The van der Waals surface area contributed by atoms with E-state index in [4.69, 9.17) is 5.73 Å². The number of anilines is 1. The number of halogens is 3. The van der Waals surface area contributed by atoms with Crippen molar-refractivity contribution in [2.75, 3.05) is 5.73 Å². The highest BCUT2D eigenvalue weighted by Gasteiger charge is 2.23. The summed E-state index contributed by atoms with van der Waals surface area (Å²) < 4.78 is 14.8. The van der Waals surface area contributed by atoms with Crippen molar-refractivity contribution in [3.63, 3.8) is 0 Å². The first kappa shape index (κ1) is 15.4. The van der Waals surface area contributed by atoms with Crippen LogP contribution in [0.1, 0.15) is 26.5 Å². The van der Waals surface area contributed by atoms with Crippen molar-refractivity contribution < 1.29 is 4.39 Å². The number of hydrogen-bond acceptors (Lipinski definition) is 3. The molecule has 0 unspecified atom stereocenters. The largest absolute Gasteiger partial charge is 0.383 e. The number of rotatable bonds is 1. The molecule has 0 radical (unpaired) electrons. The third kappa shape index (κ3) is 3.01. The van der Waals surface area contributed by atoms with Crippen LogP contribution in [0, 0.1) is 5.82 Å². The third-order valence-electron chi connectivity index (χ3n) is 2.76. The van der Waals surface area contributed by atoms with E-state index in [9.17, 15) is 4.39 Å². The van der Waals surface area contributed by atoms with Crippen LogP contribution in [0.4, 0.5) is 10.2 Å². The number of benzene rings is 1. The molecule has 0 atom stereocenters. The van der Waals surface area contributed by atoms with Gasteiger partial charge in [0.25, 0.3) is 0 Å². The number of nitrogen functional groups attached to an aromatic ring is 1. The molecule has 6 heteroatoms. The molecule has 2 aromatic rings. The van der Waals surface area contributed by atoms with Crippen molar-refractivity contribution in [3.05, 3.63) is 38.7 Å². The minimum absolute atomic E-state index is 0.204. The summed E-state index contributed by atoms with van der Waals surface area (Å²) in [6.07, 6.45) is 0. The molecule has 0 aliphatic rings. The maximum absolute atomic E-state index is 13.4. The lowest BCUT2D eigenvalue weighted by atomic mass is 9.91. The molecule has 20 heavy (non-hydrogen) atoms. The van der Waals surface area contributed by atoms with E-state index < -0.39 is 0 Å². The predicted molar refractivity (Wildman–Crippen MR) is 85.9 cm³/mol. The molecule has 3 nitrogen and oxygen atoms in total. The number of aromatic nitrogens is 2. The van der Waals surface area contributed by atoms with Crippen LogP contribution < -0.4 is 5.73 Å². The number of hydrogen-bond donors (Lipinski definition) is 1. The van der Waals surface area contributed by atoms with Gasteiger partial charge in [0.1, 0.15) is 11.6 Å². The summed E-state index contributed by atoms with van der Waals surface area (Å²) >= 11 is 6.81. The number of nitrogens with zero attached hydrogens (tertiary/aromatic N) is 2. The van der Waals surface area contributed by atoms with Crippen LogP contribution in [-0.2, 0) is 5.41 Å². The molecule has 0 amide bonds. The van der Waals surface area contributed by atoms with Gasteiger partial charge in [0.2, 0.25) is 0 Å². The lowest BCUT2D eigenvalue weighted by Gasteiger charge is -2.21. The van der Waals surface area contributed by atoms with Gasteiger partial charge in [0.15, 0.2) is 5.82 Å². The van der Waals surface area contributed by atoms with Gasteiger partial charge in [-0.1, -0.05) is 36.7 Å². The average molecular weight is 403 g/mol. The quantitative estimate of drug-likeness (QED) is 0.752. The maximum Gasteiger partial charge on any atom is 0.163 e. The Morgan fingerprint density at radius 3 is 2.40 bits per heavy atom. The Bertz CT molecular complexity index is 666. The molecule has 0 bridgehead atoms. The molecular formula is C14H14Br2FN3. The Balaban J connectivity index is 2.70. The summed E-state index contributed by atoms with van der Waals surface area (Å²) in [6.45, 7) is 6.10. The zero-order chi connectivity index (χ0) is 15.1. The molecule has 0 spiro atoms. The van der Waals surface area contributed by atoms with Gasteiger partial charge in [-0.25, -0.2) is 14.4 Å². The van der Waals surface area contributed by atoms with Crippen LogP contribution >= 0.6 is 31.9 Å². The van der Waals surface area contributed by atoms with Crippen LogP contribution in [0.3, 0.4) is 0 Å². The second-order valence-electron chi connectivity index (χ2n) is 5.47.